The molecule has 0 spiro atoms. The second kappa shape index (κ2) is 8.64. The number of hydrazone groups is 1. The molecule has 1 aromatic heterocycles. The van der Waals surface area contributed by atoms with E-state index < -0.39 is 0 Å². The van der Waals surface area contributed by atoms with E-state index in [1.807, 2.05) is 24.3 Å². The average molecular weight is 427 g/mol. The van der Waals surface area contributed by atoms with E-state index in [4.69, 9.17) is 33.8 Å². The number of aromatic nitrogens is 1. The van der Waals surface area contributed by atoms with Crippen molar-refractivity contribution in [1.29, 1.82) is 5.26 Å². The first-order valence-electron chi connectivity index (χ1n) is 9.30. The summed E-state index contributed by atoms with van der Waals surface area (Å²) < 4.78 is 5.61. The Hall–Kier alpha value is -2.89. The molecule has 0 saturated carbocycles. The standard InChI is InChI=1S/C20H19ClN6OS/c21-16-5-7-23-18-17(6-12-28-19(16)18)24-25-20(29)27-10-8-26(9-11-27)15-3-1-14(13-22)2-4-15/h1-5,7H,6,8-12H2,(H,25,29)/b24-17-. The zero-order valence-electron chi connectivity index (χ0n) is 15.6. The minimum absolute atomic E-state index is 0.509. The lowest BCUT2D eigenvalue weighted by Crippen LogP contribution is -2.51. The summed E-state index contributed by atoms with van der Waals surface area (Å²) in [5.74, 6) is 0.572. The number of halogens is 1. The van der Waals surface area contributed by atoms with Crippen LogP contribution in [0.3, 0.4) is 0 Å². The zero-order valence-corrected chi connectivity index (χ0v) is 17.2. The number of pyridine rings is 1. The summed E-state index contributed by atoms with van der Waals surface area (Å²) in [7, 11) is 0. The lowest BCUT2D eigenvalue weighted by atomic mass is 10.1. The molecule has 3 heterocycles. The summed E-state index contributed by atoms with van der Waals surface area (Å²) in [6.45, 7) is 3.78. The zero-order chi connectivity index (χ0) is 20.2. The number of hydrogen-bond donors (Lipinski definition) is 1. The molecule has 29 heavy (non-hydrogen) atoms. The Labute approximate surface area is 179 Å². The molecule has 1 fully saturated rings. The van der Waals surface area contributed by atoms with Gasteiger partial charge < -0.3 is 14.5 Å². The number of benzene rings is 1. The van der Waals surface area contributed by atoms with Crippen LogP contribution < -0.4 is 15.1 Å². The lowest BCUT2D eigenvalue weighted by Gasteiger charge is -2.37. The van der Waals surface area contributed by atoms with E-state index in [-0.39, 0.29) is 0 Å². The first-order valence-corrected chi connectivity index (χ1v) is 10.1. The second-order valence-electron chi connectivity index (χ2n) is 6.68. The van der Waals surface area contributed by atoms with E-state index in [2.05, 4.69) is 31.4 Å². The predicted octanol–water partition coefficient (Wildman–Crippen LogP) is 2.79. The number of piperazine rings is 1. The van der Waals surface area contributed by atoms with Crippen molar-refractivity contribution >= 4 is 40.3 Å². The number of nitrogens with one attached hydrogen (secondary N) is 1. The number of fused-ring (bicyclic) bond motifs is 1. The van der Waals surface area contributed by atoms with Crippen molar-refractivity contribution in [3.05, 3.63) is 52.8 Å². The molecule has 148 valence electrons. The van der Waals surface area contributed by atoms with Crippen LogP contribution in [0.2, 0.25) is 5.02 Å². The third-order valence-corrected chi connectivity index (χ3v) is 5.58. The van der Waals surface area contributed by atoms with Crippen LogP contribution >= 0.6 is 23.8 Å². The second-order valence-corrected chi connectivity index (χ2v) is 7.47. The summed E-state index contributed by atoms with van der Waals surface area (Å²) >= 11 is 11.7. The van der Waals surface area contributed by atoms with Crippen molar-refractivity contribution in [2.24, 2.45) is 5.10 Å². The number of anilines is 1. The molecule has 0 bridgehead atoms. The smallest absolute Gasteiger partial charge is 0.189 e. The molecule has 1 aromatic carbocycles. The van der Waals surface area contributed by atoms with Gasteiger partial charge in [0, 0.05) is 44.5 Å². The first-order chi connectivity index (χ1) is 14.2. The van der Waals surface area contributed by atoms with Gasteiger partial charge in [-0.25, -0.2) is 0 Å². The van der Waals surface area contributed by atoms with E-state index in [0.717, 1.165) is 37.6 Å². The summed E-state index contributed by atoms with van der Waals surface area (Å²) in [5.41, 5.74) is 6.23. The number of thiocarbonyl (C=S) groups is 1. The van der Waals surface area contributed by atoms with Gasteiger partial charge in [0.25, 0.3) is 0 Å². The van der Waals surface area contributed by atoms with Crippen LogP contribution in [0.5, 0.6) is 5.75 Å². The average Bonchev–Trinajstić information content (AvgIpc) is 2.78. The molecule has 0 amide bonds. The number of ether oxygens (including phenoxy) is 1. The SMILES string of the molecule is N#Cc1ccc(N2CCN(C(=S)N/N=C3/CCOc4c(Cl)ccnc43)CC2)cc1. The summed E-state index contributed by atoms with van der Waals surface area (Å²) in [6, 6.07) is 11.5. The van der Waals surface area contributed by atoms with E-state index in [1.165, 1.54) is 0 Å². The Morgan fingerprint density at radius 2 is 1.97 bits per heavy atom. The van der Waals surface area contributed by atoms with Crippen LogP contribution in [-0.4, -0.2) is 53.5 Å². The molecule has 2 aliphatic heterocycles. The van der Waals surface area contributed by atoms with Crippen molar-refractivity contribution in [3.63, 3.8) is 0 Å². The molecule has 1 N–H and O–H groups in total. The number of rotatable bonds is 2. The molecule has 0 radical (unpaired) electrons. The minimum Gasteiger partial charge on any atom is -0.489 e. The number of nitrogens with zero attached hydrogens (tertiary/aromatic N) is 5. The fourth-order valence-electron chi connectivity index (χ4n) is 3.35. The third-order valence-electron chi connectivity index (χ3n) is 4.93. The maximum atomic E-state index is 8.93. The molecule has 9 heteroatoms. The highest BCUT2D eigenvalue weighted by atomic mass is 35.5. The van der Waals surface area contributed by atoms with E-state index >= 15 is 0 Å². The van der Waals surface area contributed by atoms with Gasteiger partial charge in [-0.05, 0) is 42.5 Å². The lowest BCUT2D eigenvalue weighted by molar-refractivity contribution is 0.318. The van der Waals surface area contributed by atoms with Crippen molar-refractivity contribution in [3.8, 4) is 11.8 Å². The van der Waals surface area contributed by atoms with Gasteiger partial charge in [0.2, 0.25) is 0 Å². The minimum atomic E-state index is 0.509. The van der Waals surface area contributed by atoms with Crippen LogP contribution in [0.15, 0.2) is 41.6 Å². The van der Waals surface area contributed by atoms with Crippen LogP contribution in [0.4, 0.5) is 5.69 Å². The molecule has 0 unspecified atom stereocenters. The largest absolute Gasteiger partial charge is 0.489 e. The van der Waals surface area contributed by atoms with Gasteiger partial charge in [-0.3, -0.25) is 10.4 Å². The van der Waals surface area contributed by atoms with Gasteiger partial charge in [-0.15, -0.1) is 0 Å². The van der Waals surface area contributed by atoms with E-state index in [1.54, 1.807) is 12.3 Å². The van der Waals surface area contributed by atoms with Crippen LogP contribution in [-0.2, 0) is 0 Å². The molecule has 7 nitrogen and oxygen atoms in total. The third kappa shape index (κ3) is 4.26. The normalized spacial score (nSPS) is 17.3. The summed E-state index contributed by atoms with van der Waals surface area (Å²) in [4.78, 5) is 8.73. The Bertz CT molecular complexity index is 979. The van der Waals surface area contributed by atoms with Gasteiger partial charge in [-0.2, -0.15) is 10.4 Å². The molecule has 0 atom stereocenters. The highest BCUT2D eigenvalue weighted by molar-refractivity contribution is 7.80. The molecular weight excluding hydrogens is 408 g/mol. The highest BCUT2D eigenvalue weighted by Gasteiger charge is 2.22. The maximum Gasteiger partial charge on any atom is 0.189 e. The fraction of sp³-hybridized carbons (Fsp3) is 0.300. The Morgan fingerprint density at radius 1 is 1.21 bits per heavy atom. The van der Waals surface area contributed by atoms with Gasteiger partial charge in [0.05, 0.1) is 29.0 Å². The van der Waals surface area contributed by atoms with E-state index in [9.17, 15) is 0 Å². The molecule has 2 aliphatic rings. The van der Waals surface area contributed by atoms with Gasteiger partial charge in [0.15, 0.2) is 10.9 Å². The van der Waals surface area contributed by atoms with Gasteiger partial charge >= 0.3 is 0 Å². The van der Waals surface area contributed by atoms with Gasteiger partial charge in [0.1, 0.15) is 5.69 Å². The number of hydrogen-bond acceptors (Lipinski definition) is 6. The van der Waals surface area contributed by atoms with Crippen LogP contribution in [0.1, 0.15) is 17.7 Å². The van der Waals surface area contributed by atoms with E-state index in [0.29, 0.717) is 40.2 Å². The Balaban J connectivity index is 1.36. The number of nitriles is 1. The Kier molecular flexibility index (Phi) is 5.79. The van der Waals surface area contributed by atoms with Crippen molar-refractivity contribution in [2.45, 2.75) is 6.42 Å². The quantitative estimate of drug-likeness (QED) is 0.584. The van der Waals surface area contributed by atoms with Crippen molar-refractivity contribution < 1.29 is 4.74 Å². The monoisotopic (exact) mass is 426 g/mol. The first kappa shape index (κ1) is 19.4. The predicted molar refractivity (Wildman–Crippen MR) is 117 cm³/mol. The fourth-order valence-corrected chi connectivity index (χ4v) is 3.77. The molecule has 1 saturated heterocycles. The summed E-state index contributed by atoms with van der Waals surface area (Å²) in [6.07, 6.45) is 2.29. The molecule has 0 aliphatic carbocycles. The van der Waals surface area contributed by atoms with Crippen molar-refractivity contribution in [2.75, 3.05) is 37.7 Å². The summed E-state index contributed by atoms with van der Waals surface area (Å²) in [5, 5.41) is 14.5. The highest BCUT2D eigenvalue weighted by Crippen LogP contribution is 2.30. The molecule has 2 aromatic rings. The van der Waals surface area contributed by atoms with Gasteiger partial charge in [-0.1, -0.05) is 11.6 Å². The van der Waals surface area contributed by atoms with Crippen LogP contribution in [0, 0.1) is 11.3 Å². The maximum absolute atomic E-state index is 8.93. The van der Waals surface area contributed by atoms with Crippen LogP contribution in [0.25, 0.3) is 0 Å². The topological polar surface area (TPSA) is 76.8 Å². The van der Waals surface area contributed by atoms with Crippen molar-refractivity contribution in [1.82, 2.24) is 15.3 Å². The molecular formula is C20H19ClN6OS. The Morgan fingerprint density at radius 3 is 2.69 bits per heavy atom. The molecule has 4 rings (SSSR count).